The molecule has 2 heterocycles. The fourth-order valence-electron chi connectivity index (χ4n) is 3.17. The summed E-state index contributed by atoms with van der Waals surface area (Å²) in [4.78, 5) is 2.38. The molecule has 1 aromatic heterocycles. The number of hydrogen-bond acceptors (Lipinski definition) is 3. The minimum absolute atomic E-state index is 0.217. The van der Waals surface area contributed by atoms with Crippen molar-refractivity contribution in [2.24, 2.45) is 5.73 Å². The molecule has 1 atom stereocenters. The summed E-state index contributed by atoms with van der Waals surface area (Å²) in [6, 6.07) is 0.276. The van der Waals surface area contributed by atoms with Gasteiger partial charge in [-0.1, -0.05) is 0 Å². The molecular weight excluding hydrogens is 188 g/mol. The minimum atomic E-state index is 0.217. The number of nitrogens with one attached hydrogen (secondary N) is 1. The quantitative estimate of drug-likeness (QED) is 0.640. The standard InChI is InChI=1S/C11H18N4/c1-15-4-2-11(3-5-15)8-7-13-14-9(8)6-10(11)12/h7,10H,2-6,12H2,1H3,(H,13,14)/t10-/m1/s1. The highest BCUT2D eigenvalue weighted by Crippen LogP contribution is 2.44. The lowest BCUT2D eigenvalue weighted by atomic mass is 9.72. The van der Waals surface area contributed by atoms with Crippen molar-refractivity contribution >= 4 is 0 Å². The van der Waals surface area contributed by atoms with Gasteiger partial charge in [-0.15, -0.1) is 0 Å². The molecule has 0 amide bonds. The van der Waals surface area contributed by atoms with E-state index in [0.717, 1.165) is 19.5 Å². The van der Waals surface area contributed by atoms with E-state index in [-0.39, 0.29) is 11.5 Å². The molecule has 1 aromatic rings. The maximum Gasteiger partial charge on any atom is 0.0676 e. The molecule has 1 aliphatic carbocycles. The molecule has 4 nitrogen and oxygen atoms in total. The van der Waals surface area contributed by atoms with E-state index in [1.807, 2.05) is 0 Å². The number of likely N-dealkylation sites (tertiary alicyclic amines) is 1. The molecule has 3 rings (SSSR count). The van der Waals surface area contributed by atoms with E-state index >= 15 is 0 Å². The number of aromatic nitrogens is 2. The van der Waals surface area contributed by atoms with Gasteiger partial charge in [-0.3, -0.25) is 5.10 Å². The molecule has 1 fully saturated rings. The predicted octanol–water partition coefficient (Wildman–Crippen LogP) is 0.256. The molecule has 2 aliphatic rings. The highest BCUT2D eigenvalue weighted by Gasteiger charge is 2.47. The van der Waals surface area contributed by atoms with Crippen molar-refractivity contribution in [3.63, 3.8) is 0 Å². The van der Waals surface area contributed by atoms with E-state index in [1.165, 1.54) is 24.1 Å². The van der Waals surface area contributed by atoms with Crippen molar-refractivity contribution < 1.29 is 0 Å². The molecular formula is C11H18N4. The van der Waals surface area contributed by atoms with Gasteiger partial charge in [-0.2, -0.15) is 5.10 Å². The maximum atomic E-state index is 6.31. The Morgan fingerprint density at radius 2 is 2.27 bits per heavy atom. The van der Waals surface area contributed by atoms with Gasteiger partial charge in [-0.25, -0.2) is 0 Å². The Balaban J connectivity index is 1.97. The molecule has 4 heteroatoms. The van der Waals surface area contributed by atoms with E-state index in [0.29, 0.717) is 0 Å². The Labute approximate surface area is 89.8 Å². The lowest BCUT2D eigenvalue weighted by Gasteiger charge is -2.41. The first-order valence-corrected chi connectivity index (χ1v) is 5.70. The normalized spacial score (nSPS) is 29.6. The van der Waals surface area contributed by atoms with Crippen LogP contribution in [0.4, 0.5) is 0 Å². The van der Waals surface area contributed by atoms with Gasteiger partial charge in [0.1, 0.15) is 0 Å². The SMILES string of the molecule is CN1CCC2(CC1)c1c[nH]nc1C[C@H]2N. The van der Waals surface area contributed by atoms with Crippen LogP contribution in [-0.2, 0) is 11.8 Å². The van der Waals surface area contributed by atoms with Crippen LogP contribution in [0.2, 0.25) is 0 Å². The summed E-state index contributed by atoms with van der Waals surface area (Å²) in [6.45, 7) is 2.30. The average Bonchev–Trinajstić information content (AvgIpc) is 2.75. The van der Waals surface area contributed by atoms with Crippen molar-refractivity contribution in [1.29, 1.82) is 0 Å². The third-order valence-corrected chi connectivity index (χ3v) is 4.26. The van der Waals surface area contributed by atoms with Crippen molar-refractivity contribution in [3.05, 3.63) is 17.5 Å². The Bertz CT molecular complexity index is 362. The number of hydrogen-bond donors (Lipinski definition) is 2. The molecule has 1 spiro atoms. The van der Waals surface area contributed by atoms with Gasteiger partial charge < -0.3 is 10.6 Å². The second-order valence-corrected chi connectivity index (χ2v) is 5.02. The highest BCUT2D eigenvalue weighted by atomic mass is 15.1. The topological polar surface area (TPSA) is 57.9 Å². The van der Waals surface area contributed by atoms with Crippen LogP contribution in [0.5, 0.6) is 0 Å². The third kappa shape index (κ3) is 1.18. The zero-order chi connectivity index (χ0) is 10.5. The fraction of sp³-hybridized carbons (Fsp3) is 0.727. The molecule has 82 valence electrons. The van der Waals surface area contributed by atoms with E-state index in [9.17, 15) is 0 Å². The van der Waals surface area contributed by atoms with E-state index in [2.05, 4.69) is 28.3 Å². The Kier molecular flexibility index (Phi) is 1.91. The lowest BCUT2D eigenvalue weighted by molar-refractivity contribution is 0.172. The van der Waals surface area contributed by atoms with Crippen LogP contribution < -0.4 is 5.73 Å². The number of nitrogens with two attached hydrogens (primary N) is 1. The van der Waals surface area contributed by atoms with Crippen LogP contribution in [0.3, 0.4) is 0 Å². The Hall–Kier alpha value is -0.870. The van der Waals surface area contributed by atoms with Crippen molar-refractivity contribution in [1.82, 2.24) is 15.1 Å². The van der Waals surface area contributed by atoms with Gasteiger partial charge in [0.2, 0.25) is 0 Å². The van der Waals surface area contributed by atoms with Crippen molar-refractivity contribution in [3.8, 4) is 0 Å². The molecule has 0 aromatic carbocycles. The Morgan fingerprint density at radius 1 is 1.53 bits per heavy atom. The van der Waals surface area contributed by atoms with Gasteiger partial charge >= 0.3 is 0 Å². The van der Waals surface area contributed by atoms with Crippen LogP contribution in [-0.4, -0.2) is 41.3 Å². The lowest BCUT2D eigenvalue weighted by Crippen LogP contribution is -2.49. The number of H-pyrrole nitrogens is 1. The largest absolute Gasteiger partial charge is 0.327 e. The molecule has 0 saturated carbocycles. The van der Waals surface area contributed by atoms with Crippen LogP contribution in [0.1, 0.15) is 24.1 Å². The van der Waals surface area contributed by atoms with Gasteiger partial charge in [0.05, 0.1) is 5.69 Å². The predicted molar refractivity (Wildman–Crippen MR) is 58.7 cm³/mol. The van der Waals surface area contributed by atoms with Crippen molar-refractivity contribution in [2.75, 3.05) is 20.1 Å². The minimum Gasteiger partial charge on any atom is -0.327 e. The second kappa shape index (κ2) is 3.06. The zero-order valence-corrected chi connectivity index (χ0v) is 9.16. The van der Waals surface area contributed by atoms with Crippen LogP contribution in [0, 0.1) is 0 Å². The first-order valence-electron chi connectivity index (χ1n) is 5.70. The third-order valence-electron chi connectivity index (χ3n) is 4.26. The molecule has 1 aliphatic heterocycles. The summed E-state index contributed by atoms with van der Waals surface area (Å²) in [5, 5.41) is 7.28. The van der Waals surface area contributed by atoms with Crippen LogP contribution in [0.15, 0.2) is 6.20 Å². The van der Waals surface area contributed by atoms with Gasteiger partial charge in [0.15, 0.2) is 0 Å². The highest BCUT2D eigenvalue weighted by molar-refractivity contribution is 5.37. The summed E-state index contributed by atoms with van der Waals surface area (Å²) >= 11 is 0. The molecule has 0 radical (unpaired) electrons. The van der Waals surface area contributed by atoms with Gasteiger partial charge in [0, 0.05) is 29.6 Å². The van der Waals surface area contributed by atoms with Crippen LogP contribution >= 0.6 is 0 Å². The summed E-state index contributed by atoms with van der Waals surface area (Å²) in [5.74, 6) is 0. The first kappa shape index (κ1) is 9.36. The van der Waals surface area contributed by atoms with Gasteiger partial charge in [-0.05, 0) is 33.0 Å². The number of rotatable bonds is 0. The van der Waals surface area contributed by atoms with E-state index in [1.54, 1.807) is 0 Å². The van der Waals surface area contributed by atoms with Crippen molar-refractivity contribution in [2.45, 2.75) is 30.7 Å². The summed E-state index contributed by atoms with van der Waals surface area (Å²) in [6.07, 6.45) is 5.37. The molecule has 15 heavy (non-hydrogen) atoms. The number of piperidine rings is 1. The summed E-state index contributed by atoms with van der Waals surface area (Å²) in [5.41, 5.74) is 9.12. The summed E-state index contributed by atoms with van der Waals surface area (Å²) < 4.78 is 0. The molecule has 1 saturated heterocycles. The summed E-state index contributed by atoms with van der Waals surface area (Å²) in [7, 11) is 2.18. The fourth-order valence-corrected chi connectivity index (χ4v) is 3.17. The molecule has 0 bridgehead atoms. The van der Waals surface area contributed by atoms with Gasteiger partial charge in [0.25, 0.3) is 0 Å². The number of nitrogens with zero attached hydrogens (tertiary/aromatic N) is 2. The smallest absolute Gasteiger partial charge is 0.0676 e. The Morgan fingerprint density at radius 3 is 3.00 bits per heavy atom. The molecule has 3 N–H and O–H groups in total. The monoisotopic (exact) mass is 206 g/mol. The zero-order valence-electron chi connectivity index (χ0n) is 9.16. The van der Waals surface area contributed by atoms with E-state index < -0.39 is 0 Å². The average molecular weight is 206 g/mol. The first-order chi connectivity index (χ1) is 7.22. The maximum absolute atomic E-state index is 6.31. The number of aromatic amines is 1. The van der Waals surface area contributed by atoms with E-state index in [4.69, 9.17) is 5.73 Å². The second-order valence-electron chi connectivity index (χ2n) is 5.02. The van der Waals surface area contributed by atoms with Crippen LogP contribution in [0.25, 0.3) is 0 Å². The molecule has 0 unspecified atom stereocenters. The number of fused-ring (bicyclic) bond motifs is 2.